The normalized spacial score (nSPS) is 19.2. The molecule has 1 saturated heterocycles. The number of urea groups is 1. The third kappa shape index (κ3) is 3.43. The molecule has 0 aliphatic carbocycles. The lowest BCUT2D eigenvalue weighted by Gasteiger charge is -2.22. The number of hydrogen-bond donors (Lipinski definition) is 2. The van der Waals surface area contributed by atoms with E-state index in [1.165, 1.54) is 0 Å². The zero-order chi connectivity index (χ0) is 19.8. The highest BCUT2D eigenvalue weighted by Crippen LogP contribution is 2.28. The van der Waals surface area contributed by atoms with Gasteiger partial charge >= 0.3 is 6.03 Å². The van der Waals surface area contributed by atoms with E-state index in [0.717, 1.165) is 21.6 Å². The first kappa shape index (κ1) is 18.6. The lowest BCUT2D eigenvalue weighted by atomic mass is 9.92. The molecule has 1 fully saturated rings. The molecule has 0 aromatic heterocycles. The maximum absolute atomic E-state index is 12.9. The first-order chi connectivity index (χ1) is 12.7. The Morgan fingerprint density at radius 1 is 1.07 bits per heavy atom. The van der Waals surface area contributed by atoms with Crippen LogP contribution in [0.25, 0.3) is 0 Å². The van der Waals surface area contributed by atoms with Crippen LogP contribution in [-0.2, 0) is 15.1 Å². The zero-order valence-corrected chi connectivity index (χ0v) is 15.9. The summed E-state index contributed by atoms with van der Waals surface area (Å²) in [5.41, 5.74) is 3.20. The molecule has 1 atom stereocenters. The molecule has 2 aromatic carbocycles. The number of anilines is 1. The largest absolute Gasteiger partial charge is 0.325 e. The van der Waals surface area contributed by atoms with Gasteiger partial charge in [0.15, 0.2) is 0 Å². The summed E-state index contributed by atoms with van der Waals surface area (Å²) in [6.45, 7) is 7.13. The summed E-state index contributed by atoms with van der Waals surface area (Å²) in [6, 6.07) is 12.4. The van der Waals surface area contributed by atoms with Crippen molar-refractivity contribution in [1.29, 1.82) is 0 Å². The highest BCUT2D eigenvalue weighted by atomic mass is 16.2. The Labute approximate surface area is 158 Å². The molecule has 0 saturated carbocycles. The minimum absolute atomic E-state index is 0.333. The Kier molecular flexibility index (Phi) is 4.74. The van der Waals surface area contributed by atoms with Crippen molar-refractivity contribution in [3.63, 3.8) is 0 Å². The lowest BCUT2D eigenvalue weighted by molar-refractivity contribution is -0.133. The fourth-order valence-electron chi connectivity index (χ4n) is 3.51. The number of carbonyl (C=O) groups is 3. The van der Waals surface area contributed by atoms with Crippen molar-refractivity contribution in [2.75, 3.05) is 11.9 Å². The van der Waals surface area contributed by atoms with Crippen molar-refractivity contribution in [3.8, 4) is 0 Å². The molecule has 0 radical (unpaired) electrons. The number of benzene rings is 2. The van der Waals surface area contributed by atoms with Gasteiger partial charge in [-0.15, -0.1) is 0 Å². The Balaban J connectivity index is 1.77. The summed E-state index contributed by atoms with van der Waals surface area (Å²) in [7, 11) is 0. The average Bonchev–Trinajstić information content (AvgIpc) is 2.83. The SMILES string of the molecule is Cc1cc(C)c(NC(=O)CN2C(=O)N[C@@](C)(c3ccccc3)C2=O)c(C)c1. The second-order valence-electron chi connectivity index (χ2n) is 7.13. The van der Waals surface area contributed by atoms with Gasteiger partial charge in [-0.2, -0.15) is 0 Å². The molecule has 0 spiro atoms. The summed E-state index contributed by atoms with van der Waals surface area (Å²) < 4.78 is 0. The molecule has 6 heteroatoms. The van der Waals surface area contributed by atoms with Crippen LogP contribution >= 0.6 is 0 Å². The predicted octanol–water partition coefficient (Wildman–Crippen LogP) is 3.02. The number of nitrogens with one attached hydrogen (secondary N) is 2. The number of imide groups is 1. The molecule has 1 heterocycles. The van der Waals surface area contributed by atoms with E-state index in [4.69, 9.17) is 0 Å². The van der Waals surface area contributed by atoms with Gasteiger partial charge in [-0.1, -0.05) is 48.0 Å². The fourth-order valence-corrected chi connectivity index (χ4v) is 3.51. The van der Waals surface area contributed by atoms with E-state index < -0.39 is 23.4 Å². The Hall–Kier alpha value is -3.15. The highest BCUT2D eigenvalue weighted by Gasteiger charge is 2.49. The highest BCUT2D eigenvalue weighted by molar-refractivity contribution is 6.10. The van der Waals surface area contributed by atoms with Gasteiger partial charge in [-0.05, 0) is 44.4 Å². The molecule has 6 nitrogen and oxygen atoms in total. The van der Waals surface area contributed by atoms with Gasteiger partial charge in [0.2, 0.25) is 5.91 Å². The van der Waals surface area contributed by atoms with Gasteiger partial charge in [0, 0.05) is 5.69 Å². The maximum Gasteiger partial charge on any atom is 0.325 e. The van der Waals surface area contributed by atoms with Gasteiger partial charge in [0.05, 0.1) is 0 Å². The summed E-state index contributed by atoms with van der Waals surface area (Å²) in [5, 5.41) is 5.53. The lowest BCUT2D eigenvalue weighted by Crippen LogP contribution is -2.42. The topological polar surface area (TPSA) is 78.5 Å². The van der Waals surface area contributed by atoms with Crippen molar-refractivity contribution in [2.45, 2.75) is 33.2 Å². The van der Waals surface area contributed by atoms with Crippen LogP contribution in [0.4, 0.5) is 10.5 Å². The Morgan fingerprint density at radius 2 is 1.67 bits per heavy atom. The van der Waals surface area contributed by atoms with Crippen LogP contribution in [0.1, 0.15) is 29.2 Å². The monoisotopic (exact) mass is 365 g/mol. The van der Waals surface area contributed by atoms with Gasteiger partial charge in [-0.25, -0.2) is 4.79 Å². The van der Waals surface area contributed by atoms with Crippen molar-refractivity contribution >= 4 is 23.5 Å². The average molecular weight is 365 g/mol. The van der Waals surface area contributed by atoms with E-state index in [2.05, 4.69) is 10.6 Å². The van der Waals surface area contributed by atoms with Gasteiger partial charge < -0.3 is 10.6 Å². The number of rotatable bonds is 4. The minimum Gasteiger partial charge on any atom is -0.324 e. The van der Waals surface area contributed by atoms with Crippen molar-refractivity contribution in [3.05, 3.63) is 64.7 Å². The molecule has 0 bridgehead atoms. The van der Waals surface area contributed by atoms with Crippen LogP contribution in [-0.4, -0.2) is 29.3 Å². The quantitative estimate of drug-likeness (QED) is 0.818. The van der Waals surface area contributed by atoms with Crippen LogP contribution < -0.4 is 10.6 Å². The van der Waals surface area contributed by atoms with Crippen LogP contribution in [0, 0.1) is 20.8 Å². The van der Waals surface area contributed by atoms with E-state index in [1.54, 1.807) is 31.2 Å². The number of aryl methyl sites for hydroxylation is 3. The molecular formula is C21H23N3O3. The molecule has 0 unspecified atom stereocenters. The second kappa shape index (κ2) is 6.87. The first-order valence-electron chi connectivity index (χ1n) is 8.79. The van der Waals surface area contributed by atoms with Gasteiger partial charge in [-0.3, -0.25) is 14.5 Å². The Bertz CT molecular complexity index is 901. The smallest absolute Gasteiger partial charge is 0.324 e. The van der Waals surface area contributed by atoms with Crippen molar-refractivity contribution in [2.24, 2.45) is 0 Å². The summed E-state index contributed by atoms with van der Waals surface area (Å²) in [5.74, 6) is -0.850. The third-order valence-corrected chi connectivity index (χ3v) is 4.87. The van der Waals surface area contributed by atoms with E-state index in [0.29, 0.717) is 11.3 Å². The minimum atomic E-state index is -1.17. The van der Waals surface area contributed by atoms with Crippen LogP contribution in [0.3, 0.4) is 0 Å². The van der Waals surface area contributed by atoms with E-state index in [9.17, 15) is 14.4 Å². The fraction of sp³-hybridized carbons (Fsp3) is 0.286. The van der Waals surface area contributed by atoms with Gasteiger partial charge in [0.1, 0.15) is 12.1 Å². The number of carbonyl (C=O) groups excluding carboxylic acids is 3. The van der Waals surface area contributed by atoms with Crippen molar-refractivity contribution in [1.82, 2.24) is 10.2 Å². The molecular weight excluding hydrogens is 342 g/mol. The zero-order valence-electron chi connectivity index (χ0n) is 15.9. The van der Waals surface area contributed by atoms with Crippen LogP contribution in [0.15, 0.2) is 42.5 Å². The number of hydrogen-bond acceptors (Lipinski definition) is 3. The summed E-state index contributed by atoms with van der Waals surface area (Å²) >= 11 is 0. The summed E-state index contributed by atoms with van der Waals surface area (Å²) in [6.07, 6.45) is 0. The number of amides is 4. The number of nitrogens with zero attached hydrogens (tertiary/aromatic N) is 1. The maximum atomic E-state index is 12.9. The molecule has 2 N–H and O–H groups in total. The van der Waals surface area contributed by atoms with E-state index >= 15 is 0 Å². The van der Waals surface area contributed by atoms with Crippen molar-refractivity contribution < 1.29 is 14.4 Å². The molecule has 140 valence electrons. The van der Waals surface area contributed by atoms with Crippen LogP contribution in [0.5, 0.6) is 0 Å². The van der Waals surface area contributed by atoms with Crippen LogP contribution in [0.2, 0.25) is 0 Å². The molecule has 1 aliphatic heterocycles. The summed E-state index contributed by atoms with van der Waals surface area (Å²) in [4.78, 5) is 38.7. The van der Waals surface area contributed by atoms with E-state index in [1.807, 2.05) is 39.0 Å². The standard InChI is InChI=1S/C21H23N3O3/c1-13-10-14(2)18(15(3)11-13)22-17(25)12-24-19(26)21(4,23-20(24)27)16-8-6-5-7-9-16/h5-11H,12H2,1-4H3,(H,22,25)(H,23,27)/t21-/m0/s1. The Morgan fingerprint density at radius 3 is 2.26 bits per heavy atom. The molecule has 27 heavy (non-hydrogen) atoms. The molecule has 2 aromatic rings. The predicted molar refractivity (Wildman–Crippen MR) is 103 cm³/mol. The molecule has 4 amide bonds. The van der Waals surface area contributed by atoms with Gasteiger partial charge in [0.25, 0.3) is 5.91 Å². The first-order valence-corrected chi connectivity index (χ1v) is 8.79. The molecule has 1 aliphatic rings. The second-order valence-corrected chi connectivity index (χ2v) is 7.13. The van der Waals surface area contributed by atoms with E-state index in [-0.39, 0.29) is 6.54 Å². The third-order valence-electron chi connectivity index (χ3n) is 4.87. The molecule has 3 rings (SSSR count).